The number of esters is 1. The Morgan fingerprint density at radius 3 is 2.35 bits per heavy atom. The Balaban J connectivity index is 2.84. The SMILES string of the molecule is COC(=O)/C(=C\c1ccccc1)CNC(=O)C(Cl)(Cl)Cl. The molecule has 0 spiro atoms. The predicted octanol–water partition coefficient (Wildman–Crippen LogP) is 2.73. The number of ether oxygens (including phenoxy) is 1. The van der Waals surface area contributed by atoms with Crippen LogP contribution in [0.4, 0.5) is 0 Å². The Morgan fingerprint density at radius 1 is 1.25 bits per heavy atom. The molecule has 1 rings (SSSR count). The van der Waals surface area contributed by atoms with Crippen LogP contribution in [0.5, 0.6) is 0 Å². The Kier molecular flexibility index (Phi) is 6.33. The standard InChI is InChI=1S/C13H12Cl3NO3/c1-20-11(18)10(7-9-5-3-2-4-6-9)8-17-12(19)13(14,15)16/h2-7H,8H2,1H3,(H,17,19)/b10-7-. The number of halogens is 3. The summed E-state index contributed by atoms with van der Waals surface area (Å²) >= 11 is 16.3. The number of hydrogen-bond donors (Lipinski definition) is 1. The van der Waals surface area contributed by atoms with E-state index in [2.05, 4.69) is 10.1 Å². The van der Waals surface area contributed by atoms with Crippen molar-refractivity contribution in [3.63, 3.8) is 0 Å². The third-order valence-corrected chi connectivity index (χ3v) is 2.80. The lowest BCUT2D eigenvalue weighted by molar-refractivity contribution is -0.136. The van der Waals surface area contributed by atoms with E-state index in [1.165, 1.54) is 7.11 Å². The first-order chi connectivity index (χ1) is 9.34. The number of benzene rings is 1. The first-order valence-corrected chi connectivity index (χ1v) is 6.67. The summed E-state index contributed by atoms with van der Waals surface area (Å²) in [6, 6.07) is 9.10. The number of hydrogen-bond acceptors (Lipinski definition) is 3. The van der Waals surface area contributed by atoms with Gasteiger partial charge in [0.2, 0.25) is 0 Å². The van der Waals surface area contributed by atoms with Crippen molar-refractivity contribution in [3.8, 4) is 0 Å². The van der Waals surface area contributed by atoms with E-state index in [0.29, 0.717) is 0 Å². The molecular weight excluding hydrogens is 325 g/mol. The lowest BCUT2D eigenvalue weighted by atomic mass is 10.1. The van der Waals surface area contributed by atoms with Crippen LogP contribution in [0.25, 0.3) is 6.08 Å². The highest BCUT2D eigenvalue weighted by Crippen LogP contribution is 2.25. The molecule has 0 aliphatic heterocycles. The largest absolute Gasteiger partial charge is 0.466 e. The minimum atomic E-state index is -2.08. The van der Waals surface area contributed by atoms with Gasteiger partial charge in [-0.05, 0) is 11.6 Å². The fourth-order valence-corrected chi connectivity index (χ4v) is 1.54. The van der Waals surface area contributed by atoms with E-state index >= 15 is 0 Å². The number of carbonyl (C=O) groups is 2. The number of amides is 1. The molecule has 20 heavy (non-hydrogen) atoms. The van der Waals surface area contributed by atoms with Crippen LogP contribution in [0.15, 0.2) is 35.9 Å². The summed E-state index contributed by atoms with van der Waals surface area (Å²) in [6.07, 6.45) is 1.59. The fraction of sp³-hybridized carbons (Fsp3) is 0.231. The summed E-state index contributed by atoms with van der Waals surface area (Å²) < 4.78 is 2.57. The monoisotopic (exact) mass is 335 g/mol. The predicted molar refractivity (Wildman–Crippen MR) is 79.7 cm³/mol. The zero-order chi connectivity index (χ0) is 15.2. The highest BCUT2D eigenvalue weighted by atomic mass is 35.6. The molecule has 4 nitrogen and oxygen atoms in total. The summed E-state index contributed by atoms with van der Waals surface area (Å²) in [5, 5.41) is 2.35. The molecular formula is C13H12Cl3NO3. The number of alkyl halides is 3. The van der Waals surface area contributed by atoms with Gasteiger partial charge in [-0.1, -0.05) is 65.1 Å². The molecule has 0 saturated heterocycles. The van der Waals surface area contributed by atoms with Crippen molar-refractivity contribution in [2.75, 3.05) is 13.7 Å². The molecule has 0 aliphatic rings. The van der Waals surface area contributed by atoms with E-state index in [1.807, 2.05) is 18.2 Å². The molecule has 0 atom stereocenters. The second-order valence-electron chi connectivity index (χ2n) is 3.75. The first-order valence-electron chi connectivity index (χ1n) is 5.53. The highest BCUT2D eigenvalue weighted by Gasteiger charge is 2.30. The molecule has 0 saturated carbocycles. The van der Waals surface area contributed by atoms with Crippen LogP contribution in [0.3, 0.4) is 0 Å². The summed E-state index contributed by atoms with van der Waals surface area (Å²) in [6.45, 7) is -0.103. The molecule has 7 heteroatoms. The van der Waals surface area contributed by atoms with Crippen LogP contribution < -0.4 is 5.32 Å². The Morgan fingerprint density at radius 2 is 1.85 bits per heavy atom. The maximum atomic E-state index is 11.6. The lowest BCUT2D eigenvalue weighted by Gasteiger charge is -2.12. The van der Waals surface area contributed by atoms with Crippen molar-refractivity contribution < 1.29 is 14.3 Å². The molecule has 0 aliphatic carbocycles. The maximum absolute atomic E-state index is 11.6. The number of methoxy groups -OCH3 is 1. The molecule has 0 fully saturated rings. The van der Waals surface area contributed by atoms with Gasteiger partial charge in [0, 0.05) is 0 Å². The van der Waals surface area contributed by atoms with Gasteiger partial charge in [-0.15, -0.1) is 0 Å². The molecule has 0 bridgehead atoms. The van der Waals surface area contributed by atoms with Crippen LogP contribution in [0, 0.1) is 0 Å². The van der Waals surface area contributed by atoms with Crippen molar-refractivity contribution in [2.45, 2.75) is 3.79 Å². The molecule has 0 aromatic heterocycles. The average molecular weight is 337 g/mol. The topological polar surface area (TPSA) is 55.4 Å². The number of carbonyl (C=O) groups excluding carboxylic acids is 2. The van der Waals surface area contributed by atoms with Gasteiger partial charge >= 0.3 is 5.97 Å². The smallest absolute Gasteiger partial charge is 0.335 e. The van der Waals surface area contributed by atoms with E-state index in [4.69, 9.17) is 34.8 Å². The second-order valence-corrected chi connectivity index (χ2v) is 6.03. The molecule has 1 aromatic carbocycles. The molecule has 0 radical (unpaired) electrons. The molecule has 1 amide bonds. The first kappa shape index (κ1) is 16.8. The van der Waals surface area contributed by atoms with Crippen LogP contribution in [0.1, 0.15) is 5.56 Å². The van der Waals surface area contributed by atoms with E-state index in [0.717, 1.165) is 5.56 Å². The average Bonchev–Trinajstić information content (AvgIpc) is 2.42. The molecule has 1 aromatic rings. The Hall–Kier alpha value is -1.23. The normalized spacial score (nSPS) is 11.9. The highest BCUT2D eigenvalue weighted by molar-refractivity contribution is 6.76. The maximum Gasteiger partial charge on any atom is 0.335 e. The van der Waals surface area contributed by atoms with Crippen LogP contribution in [-0.4, -0.2) is 29.3 Å². The third-order valence-electron chi connectivity index (χ3n) is 2.28. The molecule has 108 valence electrons. The van der Waals surface area contributed by atoms with E-state index in [9.17, 15) is 9.59 Å². The van der Waals surface area contributed by atoms with Crippen molar-refractivity contribution in [2.24, 2.45) is 0 Å². The van der Waals surface area contributed by atoms with Gasteiger partial charge in [-0.2, -0.15) is 0 Å². The van der Waals surface area contributed by atoms with E-state index in [1.54, 1.807) is 18.2 Å². The minimum Gasteiger partial charge on any atom is -0.466 e. The van der Waals surface area contributed by atoms with Gasteiger partial charge in [0.1, 0.15) is 0 Å². The molecule has 1 N–H and O–H groups in total. The molecule has 0 heterocycles. The van der Waals surface area contributed by atoms with Gasteiger partial charge in [0.25, 0.3) is 9.70 Å². The molecule has 0 unspecified atom stereocenters. The summed E-state index contributed by atoms with van der Waals surface area (Å²) in [5.74, 6) is -1.39. The quantitative estimate of drug-likeness (QED) is 0.522. The van der Waals surface area contributed by atoms with Crippen molar-refractivity contribution >= 4 is 52.8 Å². The van der Waals surface area contributed by atoms with Crippen molar-refractivity contribution in [1.29, 1.82) is 0 Å². The zero-order valence-corrected chi connectivity index (χ0v) is 12.8. The van der Waals surface area contributed by atoms with Gasteiger partial charge in [0.05, 0.1) is 19.2 Å². The van der Waals surface area contributed by atoms with E-state index in [-0.39, 0.29) is 12.1 Å². The fourth-order valence-electron chi connectivity index (χ4n) is 1.34. The van der Waals surface area contributed by atoms with Gasteiger partial charge in [-0.3, -0.25) is 4.79 Å². The van der Waals surface area contributed by atoms with Gasteiger partial charge in [-0.25, -0.2) is 4.79 Å². The second kappa shape index (κ2) is 7.53. The van der Waals surface area contributed by atoms with Gasteiger partial charge < -0.3 is 10.1 Å². The number of rotatable bonds is 4. The van der Waals surface area contributed by atoms with Gasteiger partial charge in [0.15, 0.2) is 0 Å². The lowest BCUT2D eigenvalue weighted by Crippen LogP contribution is -2.36. The Labute approximate surface area is 131 Å². The Bertz CT molecular complexity index is 509. The number of nitrogens with one attached hydrogen (secondary N) is 1. The van der Waals surface area contributed by atoms with Crippen LogP contribution >= 0.6 is 34.8 Å². The summed E-state index contributed by atoms with van der Waals surface area (Å²) in [7, 11) is 1.25. The third kappa shape index (κ3) is 5.41. The summed E-state index contributed by atoms with van der Waals surface area (Å²) in [5.41, 5.74) is 1.03. The summed E-state index contributed by atoms with van der Waals surface area (Å²) in [4.78, 5) is 23.1. The minimum absolute atomic E-state index is 0.103. The zero-order valence-electron chi connectivity index (χ0n) is 10.5. The van der Waals surface area contributed by atoms with Crippen molar-refractivity contribution in [1.82, 2.24) is 5.32 Å². The van der Waals surface area contributed by atoms with Crippen molar-refractivity contribution in [3.05, 3.63) is 41.5 Å². The van der Waals surface area contributed by atoms with Crippen LogP contribution in [-0.2, 0) is 14.3 Å². The van der Waals surface area contributed by atoms with E-state index < -0.39 is 15.7 Å². The van der Waals surface area contributed by atoms with Crippen LogP contribution in [0.2, 0.25) is 0 Å².